The summed E-state index contributed by atoms with van der Waals surface area (Å²) in [6, 6.07) is 14.2. The average Bonchev–Trinajstić information content (AvgIpc) is 3.55. The van der Waals surface area contributed by atoms with Crippen LogP contribution in [0.1, 0.15) is 59.3 Å². The number of carboxylic acid groups (broad SMARTS) is 1. The lowest BCUT2D eigenvalue weighted by Gasteiger charge is -2.35. The second-order valence-corrected chi connectivity index (χ2v) is 8.44. The fraction of sp³-hybridized carbons (Fsp3) is 0.417. The first kappa shape index (κ1) is 20.5. The van der Waals surface area contributed by atoms with Crippen molar-refractivity contribution in [2.45, 2.75) is 57.5 Å². The Morgan fingerprint density at radius 2 is 1.77 bits per heavy atom. The molecule has 0 radical (unpaired) electrons. The Balaban J connectivity index is 1.43. The molecule has 1 amide bonds. The molecule has 2 aromatic rings. The molecule has 1 aliphatic heterocycles. The molecule has 6 heteroatoms. The first-order valence-corrected chi connectivity index (χ1v) is 10.5. The maximum atomic E-state index is 13.1. The lowest BCUT2D eigenvalue weighted by Crippen LogP contribution is -2.50. The van der Waals surface area contributed by atoms with Crippen molar-refractivity contribution < 1.29 is 19.1 Å². The first-order valence-electron chi connectivity index (χ1n) is 10.5. The second kappa shape index (κ2) is 8.56. The van der Waals surface area contributed by atoms with Gasteiger partial charge in [-0.1, -0.05) is 36.4 Å². The monoisotopic (exact) mass is 410 g/mol. The molecule has 4 rings (SSSR count). The molecule has 4 atom stereocenters. The molecule has 2 fully saturated rings. The van der Waals surface area contributed by atoms with E-state index in [1.54, 1.807) is 24.3 Å². The molecule has 5 nitrogen and oxygen atoms in total. The van der Waals surface area contributed by atoms with Crippen LogP contribution in [0.2, 0.25) is 0 Å². The van der Waals surface area contributed by atoms with Gasteiger partial charge in [0, 0.05) is 12.6 Å². The minimum atomic E-state index is -0.963. The fourth-order valence-electron chi connectivity index (χ4n) is 4.48. The molecular formula is C24H27FN2O3. The molecular weight excluding hydrogens is 383 g/mol. The molecule has 0 bridgehead atoms. The summed E-state index contributed by atoms with van der Waals surface area (Å²) < 4.78 is 12.8. The van der Waals surface area contributed by atoms with Crippen molar-refractivity contribution in [3.63, 3.8) is 0 Å². The number of hydrogen-bond donors (Lipinski definition) is 2. The number of nitrogens with one attached hydrogen (secondary N) is 1. The zero-order valence-electron chi connectivity index (χ0n) is 17.1. The van der Waals surface area contributed by atoms with E-state index in [1.807, 2.05) is 31.2 Å². The van der Waals surface area contributed by atoms with Gasteiger partial charge in [0.05, 0.1) is 17.6 Å². The van der Waals surface area contributed by atoms with Crippen LogP contribution in [-0.2, 0) is 18.0 Å². The molecule has 1 heterocycles. The second-order valence-electron chi connectivity index (χ2n) is 8.44. The fourth-order valence-corrected chi connectivity index (χ4v) is 4.48. The van der Waals surface area contributed by atoms with Crippen LogP contribution >= 0.6 is 0 Å². The van der Waals surface area contributed by atoms with E-state index < -0.39 is 12.6 Å². The van der Waals surface area contributed by atoms with Crippen LogP contribution in [0.3, 0.4) is 0 Å². The molecule has 0 spiro atoms. The number of fused-ring (bicyclic) bond motifs is 1. The molecule has 30 heavy (non-hydrogen) atoms. The number of piperidine rings is 1. The van der Waals surface area contributed by atoms with Crippen molar-refractivity contribution in [1.82, 2.24) is 10.2 Å². The number of hydrogen-bond acceptors (Lipinski definition) is 3. The number of carbonyl (C=O) groups excluding carboxylic acids is 1. The molecule has 158 valence electrons. The van der Waals surface area contributed by atoms with E-state index in [4.69, 9.17) is 5.11 Å². The number of rotatable bonds is 7. The Labute approximate surface area is 175 Å². The molecule has 2 aromatic carbocycles. The average molecular weight is 410 g/mol. The summed E-state index contributed by atoms with van der Waals surface area (Å²) in [6.45, 7) is 2.13. The van der Waals surface area contributed by atoms with Crippen molar-refractivity contribution in [1.29, 1.82) is 0 Å². The van der Waals surface area contributed by atoms with Crippen LogP contribution in [0.4, 0.5) is 4.39 Å². The molecule has 0 aromatic heterocycles. The lowest BCUT2D eigenvalue weighted by molar-refractivity contribution is -0.128. The third-order valence-electron chi connectivity index (χ3n) is 6.38. The summed E-state index contributed by atoms with van der Waals surface area (Å²) in [4.78, 5) is 26.5. The number of carboxylic acids is 1. The summed E-state index contributed by atoms with van der Waals surface area (Å²) in [5.41, 5.74) is 2.87. The van der Waals surface area contributed by atoms with E-state index in [2.05, 4.69) is 10.2 Å². The van der Waals surface area contributed by atoms with Gasteiger partial charge in [0.1, 0.15) is 6.67 Å². The molecule has 2 aliphatic rings. The van der Waals surface area contributed by atoms with Crippen LogP contribution in [0, 0.1) is 5.92 Å². The van der Waals surface area contributed by atoms with Crippen LogP contribution in [0.25, 0.3) is 0 Å². The molecule has 1 saturated carbocycles. The van der Waals surface area contributed by atoms with Gasteiger partial charge in [0.25, 0.3) is 0 Å². The standard InChI is InChI=1S/C24H27FN2O3/c1-15(18-6-8-19(9-7-18)24(29)30)26-23(28)21-11-10-20-12-22(20)27(21)14-17-4-2-16(13-25)3-5-17/h2-9,15,20-22H,10-14H2,1H3,(H,26,28)(H,29,30)/t15-,20?,21+,22?/m0/s1. The normalized spacial score (nSPS) is 24.0. The number of likely N-dealkylation sites (tertiary alicyclic amines) is 1. The number of halogens is 1. The van der Waals surface area contributed by atoms with Crippen molar-refractivity contribution in [3.05, 3.63) is 70.8 Å². The van der Waals surface area contributed by atoms with E-state index in [9.17, 15) is 14.0 Å². The molecule has 2 N–H and O–H groups in total. The summed E-state index contributed by atoms with van der Waals surface area (Å²) >= 11 is 0. The highest BCUT2D eigenvalue weighted by atomic mass is 19.1. The van der Waals surface area contributed by atoms with Gasteiger partial charge in [-0.3, -0.25) is 9.69 Å². The van der Waals surface area contributed by atoms with Gasteiger partial charge < -0.3 is 10.4 Å². The zero-order valence-corrected chi connectivity index (χ0v) is 17.1. The summed E-state index contributed by atoms with van der Waals surface area (Å²) in [7, 11) is 0. The quantitative estimate of drug-likeness (QED) is 0.722. The Bertz CT molecular complexity index is 913. The van der Waals surface area contributed by atoms with E-state index in [0.29, 0.717) is 24.1 Å². The van der Waals surface area contributed by atoms with Crippen molar-refractivity contribution >= 4 is 11.9 Å². The molecule has 2 unspecified atom stereocenters. The van der Waals surface area contributed by atoms with Crippen molar-refractivity contribution in [2.75, 3.05) is 0 Å². The number of aromatic carboxylic acids is 1. The number of carbonyl (C=O) groups is 2. The lowest BCUT2D eigenvalue weighted by atomic mass is 9.99. The van der Waals surface area contributed by atoms with Gasteiger partial charge in [0.2, 0.25) is 5.91 Å². The van der Waals surface area contributed by atoms with E-state index in [1.165, 1.54) is 0 Å². The van der Waals surface area contributed by atoms with Crippen molar-refractivity contribution in [2.24, 2.45) is 5.92 Å². The minimum absolute atomic E-state index is 0.00976. The van der Waals surface area contributed by atoms with Crippen LogP contribution in [0.15, 0.2) is 48.5 Å². The number of amides is 1. The Morgan fingerprint density at radius 1 is 1.10 bits per heavy atom. The summed E-state index contributed by atoms with van der Waals surface area (Å²) in [5.74, 6) is -0.273. The van der Waals surface area contributed by atoms with E-state index in [-0.39, 0.29) is 23.6 Å². The van der Waals surface area contributed by atoms with Gasteiger partial charge in [-0.05, 0) is 60.9 Å². The SMILES string of the molecule is C[C@H](NC(=O)[C@H]1CCC2CC2N1Cc1ccc(CF)cc1)c1ccc(C(=O)O)cc1. The minimum Gasteiger partial charge on any atom is -0.478 e. The highest BCUT2D eigenvalue weighted by Crippen LogP contribution is 2.46. The Morgan fingerprint density at radius 3 is 2.40 bits per heavy atom. The van der Waals surface area contributed by atoms with Crippen molar-refractivity contribution in [3.8, 4) is 0 Å². The maximum Gasteiger partial charge on any atom is 0.335 e. The van der Waals surface area contributed by atoms with E-state index in [0.717, 1.165) is 30.4 Å². The van der Waals surface area contributed by atoms with Gasteiger partial charge in [-0.25, -0.2) is 9.18 Å². The Kier molecular flexibility index (Phi) is 5.86. The Hall–Kier alpha value is -2.73. The van der Waals surface area contributed by atoms with Gasteiger partial charge in [0.15, 0.2) is 0 Å². The highest BCUT2D eigenvalue weighted by molar-refractivity contribution is 5.87. The predicted octanol–water partition coefficient (Wildman–Crippen LogP) is 4.08. The first-order chi connectivity index (χ1) is 14.5. The number of benzene rings is 2. The number of nitrogens with zero attached hydrogens (tertiary/aromatic N) is 1. The molecule has 1 saturated heterocycles. The zero-order chi connectivity index (χ0) is 21.3. The van der Waals surface area contributed by atoms with Gasteiger partial charge in [-0.2, -0.15) is 0 Å². The third kappa shape index (κ3) is 4.38. The highest BCUT2D eigenvalue weighted by Gasteiger charge is 2.49. The van der Waals surface area contributed by atoms with Crippen LogP contribution in [0.5, 0.6) is 0 Å². The van der Waals surface area contributed by atoms with Crippen LogP contribution < -0.4 is 5.32 Å². The number of alkyl halides is 1. The maximum absolute atomic E-state index is 13.1. The van der Waals surface area contributed by atoms with E-state index >= 15 is 0 Å². The largest absolute Gasteiger partial charge is 0.478 e. The topological polar surface area (TPSA) is 69.6 Å². The summed E-state index contributed by atoms with van der Waals surface area (Å²) in [6.07, 6.45) is 3.04. The summed E-state index contributed by atoms with van der Waals surface area (Å²) in [5, 5.41) is 12.2. The van der Waals surface area contributed by atoms with Crippen LogP contribution in [-0.4, -0.2) is 34.0 Å². The van der Waals surface area contributed by atoms with Gasteiger partial charge in [-0.15, -0.1) is 0 Å². The van der Waals surface area contributed by atoms with Gasteiger partial charge >= 0.3 is 5.97 Å². The predicted molar refractivity (Wildman–Crippen MR) is 112 cm³/mol. The third-order valence-corrected chi connectivity index (χ3v) is 6.38. The molecule has 1 aliphatic carbocycles. The smallest absolute Gasteiger partial charge is 0.335 e.